The molecule has 2 aromatic carbocycles. The first-order chi connectivity index (χ1) is 17.4. The van der Waals surface area contributed by atoms with Gasteiger partial charge in [0.15, 0.2) is 17.7 Å². The highest BCUT2D eigenvalue weighted by atomic mass is 35.5. The minimum atomic E-state index is -0.283. The molecule has 1 saturated heterocycles. The lowest BCUT2D eigenvalue weighted by molar-refractivity contribution is -0.0313. The van der Waals surface area contributed by atoms with Gasteiger partial charge in [0.2, 0.25) is 5.96 Å². The summed E-state index contributed by atoms with van der Waals surface area (Å²) in [5.41, 5.74) is 1.38. The Morgan fingerprint density at radius 3 is 2.83 bits per heavy atom. The van der Waals surface area contributed by atoms with E-state index in [1.807, 2.05) is 18.0 Å². The van der Waals surface area contributed by atoms with Crippen LogP contribution in [-0.2, 0) is 4.74 Å². The number of halogens is 2. The maximum absolute atomic E-state index is 9.23. The highest BCUT2D eigenvalue weighted by Crippen LogP contribution is 2.35. The Labute approximate surface area is 218 Å². The van der Waals surface area contributed by atoms with Gasteiger partial charge >= 0.3 is 0 Å². The largest absolute Gasteiger partial charge is 0.493 e. The first-order valence-electron chi connectivity index (χ1n) is 11.2. The molecule has 1 aliphatic rings. The fraction of sp³-hybridized carbons (Fsp3) is 0.333. The van der Waals surface area contributed by atoms with Crippen LogP contribution in [0.4, 0.5) is 11.5 Å². The smallest absolute Gasteiger partial charge is 0.207 e. The molecule has 3 aromatic rings. The van der Waals surface area contributed by atoms with Gasteiger partial charge in [0.1, 0.15) is 24.9 Å². The van der Waals surface area contributed by atoms with E-state index < -0.39 is 0 Å². The molecule has 0 bridgehead atoms. The molecular formula is C24H25Cl2N7O3. The van der Waals surface area contributed by atoms with E-state index in [1.165, 1.54) is 11.2 Å². The number of nitriles is 1. The number of ether oxygens (including phenoxy) is 3. The van der Waals surface area contributed by atoms with Crippen molar-refractivity contribution in [3.8, 4) is 17.7 Å². The van der Waals surface area contributed by atoms with Crippen LogP contribution in [0.3, 0.4) is 0 Å². The Balaban J connectivity index is 1.50. The lowest BCUT2D eigenvalue weighted by Crippen LogP contribution is -2.51. The third-order valence-corrected chi connectivity index (χ3v) is 6.40. The molecule has 12 heteroatoms. The van der Waals surface area contributed by atoms with Crippen molar-refractivity contribution in [3.63, 3.8) is 0 Å². The van der Waals surface area contributed by atoms with Crippen LogP contribution >= 0.6 is 23.2 Å². The number of methoxy groups -OCH3 is 1. The fourth-order valence-electron chi connectivity index (χ4n) is 3.78. The van der Waals surface area contributed by atoms with Crippen molar-refractivity contribution in [1.82, 2.24) is 19.8 Å². The lowest BCUT2D eigenvalue weighted by atomic mass is 10.2. The number of rotatable bonds is 7. The third kappa shape index (κ3) is 5.65. The number of hydrogen-bond donors (Lipinski definition) is 2. The van der Waals surface area contributed by atoms with Crippen LogP contribution < -0.4 is 14.8 Å². The van der Waals surface area contributed by atoms with Crippen molar-refractivity contribution in [3.05, 3.63) is 46.7 Å². The topological polar surface area (TPSA) is 120 Å². The Kier molecular flexibility index (Phi) is 8.15. The van der Waals surface area contributed by atoms with Gasteiger partial charge in [-0.3, -0.25) is 5.41 Å². The second kappa shape index (κ2) is 11.5. The minimum Gasteiger partial charge on any atom is -0.493 e. The average Bonchev–Trinajstić information content (AvgIpc) is 2.90. The Bertz CT molecular complexity index is 1300. The number of benzene rings is 2. The molecule has 2 N–H and O–H groups in total. The van der Waals surface area contributed by atoms with E-state index in [1.54, 1.807) is 37.4 Å². The molecule has 1 unspecified atom stereocenters. The van der Waals surface area contributed by atoms with Crippen molar-refractivity contribution in [1.29, 1.82) is 10.7 Å². The summed E-state index contributed by atoms with van der Waals surface area (Å²) in [5.74, 6) is 1.75. The molecule has 4 rings (SSSR count). The van der Waals surface area contributed by atoms with Crippen molar-refractivity contribution >= 4 is 51.6 Å². The summed E-state index contributed by atoms with van der Waals surface area (Å²) in [6.45, 7) is 3.92. The Morgan fingerprint density at radius 1 is 1.28 bits per heavy atom. The zero-order valence-corrected chi connectivity index (χ0v) is 21.3. The van der Waals surface area contributed by atoms with E-state index in [0.29, 0.717) is 59.1 Å². The number of fused-ring (bicyclic) bond motifs is 1. The molecule has 36 heavy (non-hydrogen) atoms. The van der Waals surface area contributed by atoms with Crippen LogP contribution in [-0.4, -0.2) is 71.8 Å². The number of nitrogens with one attached hydrogen (secondary N) is 2. The van der Waals surface area contributed by atoms with Gasteiger partial charge in [-0.25, -0.2) is 14.9 Å². The number of nitrogens with zero attached hydrogens (tertiary/aromatic N) is 5. The second-order valence-electron chi connectivity index (χ2n) is 7.91. The summed E-state index contributed by atoms with van der Waals surface area (Å²) >= 11 is 12.2. The number of anilines is 2. The monoisotopic (exact) mass is 529 g/mol. The van der Waals surface area contributed by atoms with Crippen LogP contribution in [0.5, 0.6) is 11.5 Å². The van der Waals surface area contributed by atoms with Gasteiger partial charge in [0, 0.05) is 30.2 Å². The van der Waals surface area contributed by atoms with Gasteiger partial charge in [-0.1, -0.05) is 23.2 Å². The summed E-state index contributed by atoms with van der Waals surface area (Å²) in [7, 11) is 1.56. The van der Waals surface area contributed by atoms with E-state index >= 15 is 0 Å². The van der Waals surface area contributed by atoms with Crippen molar-refractivity contribution in [2.75, 3.05) is 45.3 Å². The summed E-state index contributed by atoms with van der Waals surface area (Å²) in [6.07, 6.45) is 3.20. The van der Waals surface area contributed by atoms with Gasteiger partial charge < -0.3 is 24.4 Å². The van der Waals surface area contributed by atoms with Crippen LogP contribution in [0.25, 0.3) is 10.9 Å². The summed E-state index contributed by atoms with van der Waals surface area (Å²) in [6, 6.07) is 8.82. The number of guanidine groups is 1. The summed E-state index contributed by atoms with van der Waals surface area (Å²) in [5, 5.41) is 22.4. The van der Waals surface area contributed by atoms with Crippen LogP contribution in [0.1, 0.15) is 6.92 Å². The van der Waals surface area contributed by atoms with Gasteiger partial charge in [-0.05, 0) is 31.2 Å². The predicted octanol–water partition coefficient (Wildman–Crippen LogP) is 4.51. The molecule has 1 atom stereocenters. The van der Waals surface area contributed by atoms with Gasteiger partial charge in [-0.15, -0.1) is 0 Å². The van der Waals surface area contributed by atoms with Crippen LogP contribution in [0.15, 0.2) is 36.7 Å². The molecule has 0 saturated carbocycles. The molecule has 2 heterocycles. The number of hydrogen-bond acceptors (Lipinski definition) is 8. The Morgan fingerprint density at radius 2 is 2.11 bits per heavy atom. The third-order valence-electron chi connectivity index (χ3n) is 5.66. The van der Waals surface area contributed by atoms with E-state index in [2.05, 4.69) is 15.3 Å². The highest BCUT2D eigenvalue weighted by Gasteiger charge is 2.26. The average molecular weight is 530 g/mol. The van der Waals surface area contributed by atoms with Crippen LogP contribution in [0, 0.1) is 16.9 Å². The van der Waals surface area contributed by atoms with E-state index in [0.717, 1.165) is 11.1 Å². The molecule has 1 fully saturated rings. The molecule has 0 radical (unpaired) electrons. The van der Waals surface area contributed by atoms with Gasteiger partial charge in [0.25, 0.3) is 0 Å². The maximum atomic E-state index is 9.23. The van der Waals surface area contributed by atoms with Crippen molar-refractivity contribution in [2.45, 2.75) is 13.0 Å². The highest BCUT2D eigenvalue weighted by molar-refractivity contribution is 6.42. The standard InChI is InChI=1S/C24H25Cl2N7O3/c1-3-32(13-27)24(28)33-6-7-35-16(11-33)12-36-22-10-20-17(9-21(22)34-2)23(30-14-29-20)31-15-4-5-18(25)19(26)8-15/h4-5,8-10,14,16,28H,3,6-7,11-12H2,1-2H3,(H,29,30,31). The molecule has 1 aromatic heterocycles. The lowest BCUT2D eigenvalue weighted by Gasteiger charge is -2.35. The Hall–Kier alpha value is -3.52. The zero-order valence-electron chi connectivity index (χ0n) is 19.8. The van der Waals surface area contributed by atoms with Crippen molar-refractivity contribution in [2.24, 2.45) is 0 Å². The molecular weight excluding hydrogens is 505 g/mol. The summed E-state index contributed by atoms with van der Waals surface area (Å²) < 4.78 is 17.5. The first kappa shape index (κ1) is 25.6. The maximum Gasteiger partial charge on any atom is 0.207 e. The number of aromatic nitrogens is 2. The molecule has 0 aliphatic carbocycles. The molecule has 0 amide bonds. The van der Waals surface area contributed by atoms with E-state index in [4.69, 9.17) is 42.8 Å². The molecule has 188 valence electrons. The van der Waals surface area contributed by atoms with Crippen LogP contribution in [0.2, 0.25) is 10.0 Å². The molecule has 1 aliphatic heterocycles. The van der Waals surface area contributed by atoms with E-state index in [-0.39, 0.29) is 18.7 Å². The second-order valence-corrected chi connectivity index (χ2v) is 8.73. The normalized spacial score (nSPS) is 15.3. The molecule has 10 nitrogen and oxygen atoms in total. The minimum absolute atomic E-state index is 0.162. The SMILES string of the molecule is CCN(C#N)C(=N)N1CCOC(COc2cc3ncnc(Nc4ccc(Cl)c(Cl)c4)c3cc2OC)C1. The number of morpholine rings is 1. The first-order valence-corrected chi connectivity index (χ1v) is 12.0. The molecule has 0 spiro atoms. The van der Waals surface area contributed by atoms with Gasteiger partial charge in [-0.2, -0.15) is 5.26 Å². The predicted molar refractivity (Wildman–Crippen MR) is 138 cm³/mol. The summed E-state index contributed by atoms with van der Waals surface area (Å²) in [4.78, 5) is 11.9. The van der Waals surface area contributed by atoms with Crippen molar-refractivity contribution < 1.29 is 14.2 Å². The van der Waals surface area contributed by atoms with E-state index in [9.17, 15) is 5.26 Å². The zero-order chi connectivity index (χ0) is 25.7. The van der Waals surface area contributed by atoms with Gasteiger partial charge in [0.05, 0.1) is 35.8 Å². The quantitative estimate of drug-likeness (QED) is 0.197. The fourth-order valence-corrected chi connectivity index (χ4v) is 4.08.